The van der Waals surface area contributed by atoms with Crippen molar-refractivity contribution in [2.75, 3.05) is 46.3 Å². The number of aliphatic imine (C=N–C) groups is 1. The van der Waals surface area contributed by atoms with Crippen LogP contribution >= 0.6 is 35.6 Å². The molecule has 1 aromatic rings. The van der Waals surface area contributed by atoms with Crippen molar-refractivity contribution in [1.82, 2.24) is 20.4 Å². The maximum atomic E-state index is 12.3. The van der Waals surface area contributed by atoms with E-state index in [1.54, 1.807) is 7.05 Å². The molecule has 2 N–H and O–H groups in total. The SMILES string of the molecule is CN=C(NCCN1CCN(C(=O)C2CCC2)CC1)NCc1ccccc1Cl.I. The van der Waals surface area contributed by atoms with E-state index < -0.39 is 0 Å². The number of carbonyl (C=O) groups excluding carboxylic acids is 1. The quantitative estimate of drug-likeness (QED) is 0.345. The number of nitrogens with zero attached hydrogens (tertiary/aromatic N) is 3. The van der Waals surface area contributed by atoms with Gasteiger partial charge in [0.25, 0.3) is 0 Å². The molecule has 8 heteroatoms. The van der Waals surface area contributed by atoms with Gasteiger partial charge in [-0.15, -0.1) is 24.0 Å². The molecule has 1 aliphatic carbocycles. The first-order chi connectivity index (χ1) is 13.2. The van der Waals surface area contributed by atoms with Crippen molar-refractivity contribution in [1.29, 1.82) is 0 Å². The number of carbonyl (C=O) groups is 1. The molecule has 1 aliphatic heterocycles. The maximum absolute atomic E-state index is 12.3. The number of rotatable bonds is 6. The van der Waals surface area contributed by atoms with Crippen molar-refractivity contribution in [3.8, 4) is 0 Å². The summed E-state index contributed by atoms with van der Waals surface area (Å²) >= 11 is 6.19. The van der Waals surface area contributed by atoms with Gasteiger partial charge in [0.15, 0.2) is 5.96 Å². The van der Waals surface area contributed by atoms with Crippen LogP contribution in [0.15, 0.2) is 29.3 Å². The number of hydrogen-bond donors (Lipinski definition) is 2. The molecular formula is C20H31ClIN5O. The predicted molar refractivity (Wildman–Crippen MR) is 125 cm³/mol. The Hall–Kier alpha value is -1.06. The molecule has 2 fully saturated rings. The number of piperazine rings is 1. The van der Waals surface area contributed by atoms with Gasteiger partial charge >= 0.3 is 0 Å². The third-order valence-corrected chi connectivity index (χ3v) is 5.86. The van der Waals surface area contributed by atoms with Crippen LogP contribution in [0.1, 0.15) is 24.8 Å². The van der Waals surface area contributed by atoms with Crippen LogP contribution in [0.4, 0.5) is 0 Å². The summed E-state index contributed by atoms with van der Waals surface area (Å²) in [7, 11) is 1.77. The monoisotopic (exact) mass is 519 g/mol. The van der Waals surface area contributed by atoms with Crippen molar-refractivity contribution < 1.29 is 4.79 Å². The van der Waals surface area contributed by atoms with E-state index in [2.05, 4.69) is 25.4 Å². The molecule has 0 spiro atoms. The lowest BCUT2D eigenvalue weighted by molar-refractivity contribution is -0.139. The van der Waals surface area contributed by atoms with Crippen LogP contribution in [-0.2, 0) is 11.3 Å². The minimum atomic E-state index is 0. The minimum absolute atomic E-state index is 0. The summed E-state index contributed by atoms with van der Waals surface area (Å²) in [6.45, 7) is 6.01. The lowest BCUT2D eigenvalue weighted by Crippen LogP contribution is -2.52. The molecule has 3 rings (SSSR count). The second-order valence-electron chi connectivity index (χ2n) is 7.24. The van der Waals surface area contributed by atoms with Crippen molar-refractivity contribution in [2.24, 2.45) is 10.9 Å². The van der Waals surface area contributed by atoms with E-state index in [1.165, 1.54) is 6.42 Å². The minimum Gasteiger partial charge on any atom is -0.355 e. The summed E-state index contributed by atoms with van der Waals surface area (Å²) in [6, 6.07) is 7.81. The lowest BCUT2D eigenvalue weighted by atomic mass is 9.84. The third kappa shape index (κ3) is 6.49. The standard InChI is InChI=1S/C20H30ClN5O.HI/c1-22-20(24-15-17-5-2-3-8-18(17)21)23-9-10-25-11-13-26(14-12-25)19(27)16-6-4-7-16;/h2-3,5,8,16H,4,6-7,9-15H2,1H3,(H2,22,23,24);1H. The first-order valence-electron chi connectivity index (χ1n) is 9.86. The summed E-state index contributed by atoms with van der Waals surface area (Å²) in [5.74, 6) is 1.46. The average Bonchev–Trinajstić information content (AvgIpc) is 2.64. The van der Waals surface area contributed by atoms with Crippen molar-refractivity contribution in [2.45, 2.75) is 25.8 Å². The zero-order valence-electron chi connectivity index (χ0n) is 16.5. The summed E-state index contributed by atoms with van der Waals surface area (Å²) < 4.78 is 0. The molecule has 1 saturated heterocycles. The first kappa shape index (κ1) is 23.2. The van der Waals surface area contributed by atoms with Crippen molar-refractivity contribution in [3.63, 3.8) is 0 Å². The second kappa shape index (κ2) is 11.8. The van der Waals surface area contributed by atoms with E-state index in [4.69, 9.17) is 11.6 Å². The Morgan fingerprint density at radius 3 is 2.50 bits per heavy atom. The van der Waals surface area contributed by atoms with E-state index in [-0.39, 0.29) is 24.0 Å². The average molecular weight is 520 g/mol. The van der Waals surface area contributed by atoms with Gasteiger partial charge in [0.05, 0.1) is 0 Å². The summed E-state index contributed by atoms with van der Waals surface area (Å²) in [6.07, 6.45) is 3.39. The van der Waals surface area contributed by atoms with Crippen LogP contribution in [-0.4, -0.2) is 68.0 Å². The second-order valence-corrected chi connectivity index (χ2v) is 7.65. The highest BCUT2D eigenvalue weighted by atomic mass is 127. The molecule has 2 aliphatic rings. The van der Waals surface area contributed by atoms with Crippen LogP contribution in [0.3, 0.4) is 0 Å². The molecule has 0 bridgehead atoms. The molecule has 1 heterocycles. The number of nitrogens with one attached hydrogen (secondary N) is 2. The molecule has 6 nitrogen and oxygen atoms in total. The molecule has 28 heavy (non-hydrogen) atoms. The largest absolute Gasteiger partial charge is 0.355 e. The Morgan fingerprint density at radius 1 is 1.18 bits per heavy atom. The predicted octanol–water partition coefficient (Wildman–Crippen LogP) is 2.57. The van der Waals surface area contributed by atoms with E-state index in [0.717, 1.165) is 68.7 Å². The fourth-order valence-electron chi connectivity index (χ4n) is 3.48. The molecule has 1 aromatic carbocycles. The zero-order valence-corrected chi connectivity index (χ0v) is 19.6. The normalized spacial score (nSPS) is 18.2. The van der Waals surface area contributed by atoms with Crippen LogP contribution in [0.25, 0.3) is 0 Å². The molecule has 1 saturated carbocycles. The van der Waals surface area contributed by atoms with Crippen LogP contribution in [0.5, 0.6) is 0 Å². The molecule has 0 aromatic heterocycles. The van der Waals surface area contributed by atoms with Gasteiger partial charge in [-0.2, -0.15) is 0 Å². The zero-order chi connectivity index (χ0) is 19.1. The maximum Gasteiger partial charge on any atom is 0.225 e. The Balaban J connectivity index is 0.00000280. The Morgan fingerprint density at radius 2 is 1.89 bits per heavy atom. The van der Waals surface area contributed by atoms with Crippen molar-refractivity contribution >= 4 is 47.4 Å². The van der Waals surface area contributed by atoms with Gasteiger partial charge in [0, 0.05) is 63.8 Å². The number of halogens is 2. The van der Waals surface area contributed by atoms with E-state index >= 15 is 0 Å². The fourth-order valence-corrected chi connectivity index (χ4v) is 3.68. The van der Waals surface area contributed by atoms with Crippen LogP contribution in [0.2, 0.25) is 5.02 Å². The van der Waals surface area contributed by atoms with Gasteiger partial charge < -0.3 is 15.5 Å². The highest BCUT2D eigenvalue weighted by molar-refractivity contribution is 14.0. The molecule has 156 valence electrons. The van der Waals surface area contributed by atoms with Crippen molar-refractivity contribution in [3.05, 3.63) is 34.9 Å². The van der Waals surface area contributed by atoms with Crippen LogP contribution < -0.4 is 10.6 Å². The molecule has 0 unspecified atom stereocenters. The van der Waals surface area contributed by atoms with E-state index in [0.29, 0.717) is 18.4 Å². The Labute approximate surface area is 190 Å². The summed E-state index contributed by atoms with van der Waals surface area (Å²) in [5.41, 5.74) is 1.05. The van der Waals surface area contributed by atoms with Gasteiger partial charge in [-0.05, 0) is 24.5 Å². The highest BCUT2D eigenvalue weighted by Crippen LogP contribution is 2.28. The van der Waals surface area contributed by atoms with Gasteiger partial charge in [0.1, 0.15) is 0 Å². The third-order valence-electron chi connectivity index (χ3n) is 5.49. The number of hydrogen-bond acceptors (Lipinski definition) is 3. The summed E-state index contributed by atoms with van der Waals surface area (Å²) in [4.78, 5) is 21.0. The fraction of sp³-hybridized carbons (Fsp3) is 0.600. The smallest absolute Gasteiger partial charge is 0.225 e. The van der Waals surface area contributed by atoms with Gasteiger partial charge in [0.2, 0.25) is 5.91 Å². The van der Waals surface area contributed by atoms with E-state index in [1.807, 2.05) is 24.3 Å². The Kier molecular flexibility index (Phi) is 9.81. The number of guanidine groups is 1. The molecule has 0 atom stereocenters. The highest BCUT2D eigenvalue weighted by Gasteiger charge is 2.30. The lowest BCUT2D eigenvalue weighted by Gasteiger charge is -2.38. The van der Waals surface area contributed by atoms with E-state index in [9.17, 15) is 4.79 Å². The molecule has 0 radical (unpaired) electrons. The van der Waals surface area contributed by atoms with Gasteiger partial charge in [-0.3, -0.25) is 14.7 Å². The van der Waals surface area contributed by atoms with Gasteiger partial charge in [-0.25, -0.2) is 0 Å². The Bertz CT molecular complexity index is 660. The summed E-state index contributed by atoms with van der Waals surface area (Å²) in [5, 5.41) is 7.40. The number of benzene rings is 1. The van der Waals surface area contributed by atoms with Crippen LogP contribution in [0, 0.1) is 5.92 Å². The number of amides is 1. The molecule has 1 amide bonds. The van der Waals surface area contributed by atoms with Gasteiger partial charge in [-0.1, -0.05) is 36.2 Å². The molecular weight excluding hydrogens is 489 g/mol. The topological polar surface area (TPSA) is 60.0 Å². The first-order valence-corrected chi connectivity index (χ1v) is 10.2.